The van der Waals surface area contributed by atoms with Crippen molar-refractivity contribution in [2.75, 3.05) is 7.11 Å². The molecule has 5 heteroatoms. The molecule has 5 nitrogen and oxygen atoms in total. The van der Waals surface area contributed by atoms with Crippen LogP contribution in [0.15, 0.2) is 15.3 Å². The van der Waals surface area contributed by atoms with Crippen LogP contribution in [-0.2, 0) is 11.3 Å². The Morgan fingerprint density at radius 1 is 1.62 bits per heavy atom. The summed E-state index contributed by atoms with van der Waals surface area (Å²) in [5.74, 6) is -0.872. The average Bonchev–Trinajstić information content (AvgIpc) is 2.23. The van der Waals surface area contributed by atoms with Crippen molar-refractivity contribution in [2.45, 2.75) is 32.2 Å². The number of ether oxygens (including phenoxy) is 2. The highest BCUT2D eigenvalue weighted by atomic mass is 16.6. The molecule has 1 aromatic heterocycles. The van der Waals surface area contributed by atoms with E-state index in [1.807, 2.05) is 0 Å². The quantitative estimate of drug-likeness (QED) is 0.773. The predicted molar refractivity (Wildman–Crippen MR) is 55.4 cm³/mol. The molecule has 0 fully saturated rings. The molecule has 0 radical (unpaired) electrons. The van der Waals surface area contributed by atoms with E-state index in [1.165, 1.54) is 13.2 Å². The second kappa shape index (κ2) is 3.61. The third kappa shape index (κ3) is 1.62. The standard InChI is InChI=1S/C11H14O5/c1-6-10-7(5-15-11(6,2)13)8(14-3)4-9(12)16-10/h4,6,13H,5H2,1-3H3/t6-,11?/m0/s1. The Morgan fingerprint density at radius 3 is 2.94 bits per heavy atom. The lowest BCUT2D eigenvalue weighted by atomic mass is 9.93. The number of methoxy groups -OCH3 is 1. The molecule has 2 rings (SSSR count). The number of aliphatic hydroxyl groups is 1. The second-order valence-corrected chi connectivity index (χ2v) is 4.04. The van der Waals surface area contributed by atoms with Crippen LogP contribution >= 0.6 is 0 Å². The molecule has 0 amide bonds. The summed E-state index contributed by atoms with van der Waals surface area (Å²) in [6, 6.07) is 1.27. The van der Waals surface area contributed by atoms with Gasteiger partial charge in [0.1, 0.15) is 11.5 Å². The minimum Gasteiger partial charge on any atom is -0.496 e. The van der Waals surface area contributed by atoms with Crippen LogP contribution in [0.5, 0.6) is 5.75 Å². The molecule has 0 bridgehead atoms. The largest absolute Gasteiger partial charge is 0.496 e. The van der Waals surface area contributed by atoms with E-state index in [0.29, 0.717) is 17.1 Å². The topological polar surface area (TPSA) is 68.9 Å². The number of fused-ring (bicyclic) bond motifs is 1. The van der Waals surface area contributed by atoms with Crippen LogP contribution in [-0.4, -0.2) is 18.0 Å². The first kappa shape index (κ1) is 11.2. The van der Waals surface area contributed by atoms with Gasteiger partial charge in [0.25, 0.3) is 0 Å². The zero-order valence-electron chi connectivity index (χ0n) is 9.44. The molecule has 0 aliphatic carbocycles. The van der Waals surface area contributed by atoms with Gasteiger partial charge in [-0.1, -0.05) is 6.92 Å². The summed E-state index contributed by atoms with van der Waals surface area (Å²) < 4.78 is 15.5. The van der Waals surface area contributed by atoms with Crippen molar-refractivity contribution in [1.82, 2.24) is 0 Å². The predicted octanol–water partition coefficient (Wildman–Crippen LogP) is 0.991. The molecule has 0 saturated heterocycles. The first-order valence-corrected chi connectivity index (χ1v) is 5.03. The van der Waals surface area contributed by atoms with Gasteiger partial charge in [-0.25, -0.2) is 4.79 Å². The molecular weight excluding hydrogens is 212 g/mol. The zero-order chi connectivity index (χ0) is 11.9. The number of hydrogen-bond donors (Lipinski definition) is 1. The minimum absolute atomic E-state index is 0.166. The van der Waals surface area contributed by atoms with E-state index < -0.39 is 17.3 Å². The summed E-state index contributed by atoms with van der Waals surface area (Å²) in [4.78, 5) is 11.3. The van der Waals surface area contributed by atoms with Crippen molar-refractivity contribution >= 4 is 0 Å². The third-order valence-electron chi connectivity index (χ3n) is 2.98. The maximum atomic E-state index is 11.3. The molecule has 2 atom stereocenters. The highest BCUT2D eigenvalue weighted by Crippen LogP contribution is 2.39. The van der Waals surface area contributed by atoms with Gasteiger partial charge in [0, 0.05) is 0 Å². The van der Waals surface area contributed by atoms with Crippen molar-refractivity contribution in [3.05, 3.63) is 27.8 Å². The van der Waals surface area contributed by atoms with Crippen molar-refractivity contribution in [3.8, 4) is 5.75 Å². The van der Waals surface area contributed by atoms with Gasteiger partial charge < -0.3 is 19.0 Å². The lowest BCUT2D eigenvalue weighted by molar-refractivity contribution is -0.222. The summed E-state index contributed by atoms with van der Waals surface area (Å²) in [6.45, 7) is 3.44. The molecule has 88 valence electrons. The highest BCUT2D eigenvalue weighted by molar-refractivity contribution is 5.37. The summed E-state index contributed by atoms with van der Waals surface area (Å²) in [5, 5.41) is 9.92. The van der Waals surface area contributed by atoms with Gasteiger partial charge in [0.15, 0.2) is 5.79 Å². The van der Waals surface area contributed by atoms with Crippen molar-refractivity contribution in [1.29, 1.82) is 0 Å². The summed E-state index contributed by atoms with van der Waals surface area (Å²) in [5.41, 5.74) is 0.196. The fraction of sp³-hybridized carbons (Fsp3) is 0.545. The van der Waals surface area contributed by atoms with Crippen LogP contribution in [0.2, 0.25) is 0 Å². The Morgan fingerprint density at radius 2 is 2.31 bits per heavy atom. The zero-order valence-corrected chi connectivity index (χ0v) is 9.44. The summed E-state index contributed by atoms with van der Waals surface area (Å²) >= 11 is 0. The molecule has 1 aliphatic rings. The number of rotatable bonds is 1. The lowest BCUT2D eigenvalue weighted by Gasteiger charge is -2.35. The second-order valence-electron chi connectivity index (χ2n) is 4.04. The fourth-order valence-corrected chi connectivity index (χ4v) is 1.78. The molecule has 0 saturated carbocycles. The Bertz CT molecular complexity index is 460. The van der Waals surface area contributed by atoms with Crippen LogP contribution in [0.3, 0.4) is 0 Å². The summed E-state index contributed by atoms with van der Waals surface area (Å²) in [6.07, 6.45) is 0. The lowest BCUT2D eigenvalue weighted by Crippen LogP contribution is -2.39. The van der Waals surface area contributed by atoms with Crippen LogP contribution in [0.1, 0.15) is 31.1 Å². The molecule has 1 aliphatic heterocycles. The van der Waals surface area contributed by atoms with Gasteiger partial charge in [-0.3, -0.25) is 0 Å². The van der Waals surface area contributed by atoms with Crippen molar-refractivity contribution in [2.24, 2.45) is 0 Å². The van der Waals surface area contributed by atoms with E-state index in [2.05, 4.69) is 0 Å². The van der Waals surface area contributed by atoms with E-state index in [0.717, 1.165) is 0 Å². The maximum absolute atomic E-state index is 11.3. The van der Waals surface area contributed by atoms with Gasteiger partial charge in [-0.2, -0.15) is 0 Å². The fourth-order valence-electron chi connectivity index (χ4n) is 1.78. The van der Waals surface area contributed by atoms with E-state index in [4.69, 9.17) is 13.9 Å². The first-order chi connectivity index (χ1) is 7.45. The Balaban J connectivity index is 2.60. The van der Waals surface area contributed by atoms with E-state index in [9.17, 15) is 9.90 Å². The first-order valence-electron chi connectivity index (χ1n) is 5.03. The third-order valence-corrected chi connectivity index (χ3v) is 2.98. The van der Waals surface area contributed by atoms with E-state index >= 15 is 0 Å². The molecule has 0 aromatic carbocycles. The van der Waals surface area contributed by atoms with Crippen LogP contribution in [0, 0.1) is 0 Å². The molecule has 1 unspecified atom stereocenters. The Labute approximate surface area is 92.6 Å². The maximum Gasteiger partial charge on any atom is 0.339 e. The summed E-state index contributed by atoms with van der Waals surface area (Å²) in [7, 11) is 1.48. The normalized spacial score (nSPS) is 28.6. The van der Waals surface area contributed by atoms with Crippen LogP contribution < -0.4 is 10.4 Å². The van der Waals surface area contributed by atoms with Crippen molar-refractivity contribution in [3.63, 3.8) is 0 Å². The van der Waals surface area contributed by atoms with Gasteiger partial charge in [-0.05, 0) is 6.92 Å². The van der Waals surface area contributed by atoms with Gasteiger partial charge >= 0.3 is 5.63 Å². The van der Waals surface area contributed by atoms with Crippen LogP contribution in [0.25, 0.3) is 0 Å². The molecule has 0 spiro atoms. The van der Waals surface area contributed by atoms with Gasteiger partial charge in [-0.15, -0.1) is 0 Å². The molecule has 1 N–H and O–H groups in total. The van der Waals surface area contributed by atoms with Crippen LogP contribution in [0.4, 0.5) is 0 Å². The SMILES string of the molecule is COc1cc(=O)oc2c1COC(C)(O)[C@H]2C. The molecule has 1 aromatic rings. The minimum atomic E-state index is -1.32. The smallest absolute Gasteiger partial charge is 0.339 e. The monoisotopic (exact) mass is 226 g/mol. The molecule has 2 heterocycles. The van der Waals surface area contributed by atoms with Gasteiger partial charge in [0.2, 0.25) is 0 Å². The van der Waals surface area contributed by atoms with E-state index in [-0.39, 0.29) is 6.61 Å². The Kier molecular flexibility index (Phi) is 2.52. The van der Waals surface area contributed by atoms with Crippen molar-refractivity contribution < 1.29 is 19.0 Å². The van der Waals surface area contributed by atoms with E-state index in [1.54, 1.807) is 13.8 Å². The molecule has 16 heavy (non-hydrogen) atoms. The highest BCUT2D eigenvalue weighted by Gasteiger charge is 2.39. The Hall–Kier alpha value is -1.33. The van der Waals surface area contributed by atoms with Gasteiger partial charge in [0.05, 0.1) is 31.3 Å². The number of hydrogen-bond acceptors (Lipinski definition) is 5. The average molecular weight is 226 g/mol. The molecular formula is C11H14O5.